The second-order valence-corrected chi connectivity index (χ2v) is 5.58. The number of nitrogens with one attached hydrogen (secondary N) is 1. The normalized spacial score (nSPS) is 18.9. The molecule has 0 radical (unpaired) electrons. The van der Waals surface area contributed by atoms with E-state index in [0.29, 0.717) is 6.04 Å². The Kier molecular flexibility index (Phi) is 4.04. The summed E-state index contributed by atoms with van der Waals surface area (Å²) in [6, 6.07) is 7.08. The third kappa shape index (κ3) is 2.33. The van der Waals surface area contributed by atoms with Gasteiger partial charge in [-0.3, -0.25) is 0 Å². The van der Waals surface area contributed by atoms with Gasteiger partial charge in [-0.05, 0) is 43.9 Å². The Morgan fingerprint density at radius 2 is 2.00 bits per heavy atom. The summed E-state index contributed by atoms with van der Waals surface area (Å²) in [7, 11) is 2.08. The number of halogens is 1. The van der Waals surface area contributed by atoms with Crippen molar-refractivity contribution in [2.45, 2.75) is 38.6 Å². The quantitative estimate of drug-likeness (QED) is 0.875. The molecule has 1 aliphatic carbocycles. The molecule has 1 nitrogen and oxygen atoms in total. The predicted octanol–water partition coefficient (Wildman–Crippen LogP) is 4.21. The van der Waals surface area contributed by atoms with Crippen LogP contribution in [0.3, 0.4) is 0 Å². The summed E-state index contributed by atoms with van der Waals surface area (Å²) < 4.78 is 1.28. The van der Waals surface area contributed by atoms with Crippen molar-refractivity contribution in [1.82, 2.24) is 5.32 Å². The van der Waals surface area contributed by atoms with Crippen LogP contribution in [0.2, 0.25) is 0 Å². The molecule has 1 saturated carbocycles. The molecule has 0 aromatic heterocycles. The van der Waals surface area contributed by atoms with E-state index in [1.807, 2.05) is 0 Å². The average Bonchev–Trinajstić information content (AvgIpc) is 2.79. The van der Waals surface area contributed by atoms with Crippen LogP contribution in [0.4, 0.5) is 0 Å². The Bertz CT molecular complexity index is 356. The molecule has 1 aliphatic rings. The van der Waals surface area contributed by atoms with Gasteiger partial charge in [0.1, 0.15) is 0 Å². The summed E-state index contributed by atoms with van der Waals surface area (Å²) >= 11 is 3.73. The molecule has 1 aromatic rings. The van der Waals surface area contributed by atoms with Crippen molar-refractivity contribution >= 4 is 15.9 Å². The van der Waals surface area contributed by atoms with Gasteiger partial charge in [-0.2, -0.15) is 0 Å². The number of hydrogen-bond donors (Lipinski definition) is 1. The highest BCUT2D eigenvalue weighted by atomic mass is 79.9. The van der Waals surface area contributed by atoms with Gasteiger partial charge in [-0.15, -0.1) is 0 Å². The van der Waals surface area contributed by atoms with Crippen LogP contribution in [0.5, 0.6) is 0 Å². The highest BCUT2D eigenvalue weighted by molar-refractivity contribution is 9.10. The molecule has 88 valence electrons. The van der Waals surface area contributed by atoms with E-state index in [0.717, 1.165) is 5.92 Å². The molecule has 1 N–H and O–H groups in total. The van der Waals surface area contributed by atoms with Crippen LogP contribution < -0.4 is 5.32 Å². The van der Waals surface area contributed by atoms with E-state index in [-0.39, 0.29) is 0 Å². The van der Waals surface area contributed by atoms with Crippen molar-refractivity contribution in [2.24, 2.45) is 5.92 Å². The van der Waals surface area contributed by atoms with Gasteiger partial charge in [0.05, 0.1) is 0 Å². The second kappa shape index (κ2) is 5.33. The Balaban J connectivity index is 2.28. The Morgan fingerprint density at radius 3 is 2.62 bits per heavy atom. The van der Waals surface area contributed by atoms with E-state index in [1.165, 1.54) is 41.3 Å². The van der Waals surface area contributed by atoms with Crippen LogP contribution in [-0.2, 0) is 0 Å². The first-order valence-corrected chi connectivity index (χ1v) is 6.95. The van der Waals surface area contributed by atoms with Gasteiger partial charge in [0.15, 0.2) is 0 Å². The molecule has 0 bridgehead atoms. The fraction of sp³-hybridized carbons (Fsp3) is 0.571. The van der Waals surface area contributed by atoms with E-state index in [9.17, 15) is 0 Å². The highest BCUT2D eigenvalue weighted by Gasteiger charge is 2.26. The van der Waals surface area contributed by atoms with Crippen molar-refractivity contribution in [1.29, 1.82) is 0 Å². The lowest BCUT2D eigenvalue weighted by molar-refractivity contribution is 0.389. The van der Waals surface area contributed by atoms with Gasteiger partial charge in [-0.25, -0.2) is 0 Å². The minimum Gasteiger partial charge on any atom is -0.313 e. The summed E-state index contributed by atoms with van der Waals surface area (Å²) in [6.45, 7) is 2.16. The Labute approximate surface area is 107 Å². The Hall–Kier alpha value is -0.340. The van der Waals surface area contributed by atoms with E-state index in [1.54, 1.807) is 0 Å². The van der Waals surface area contributed by atoms with Gasteiger partial charge in [-0.1, -0.05) is 47.0 Å². The first kappa shape index (κ1) is 12.1. The zero-order valence-electron chi connectivity index (χ0n) is 10.1. The summed E-state index contributed by atoms with van der Waals surface area (Å²) in [4.78, 5) is 0. The van der Waals surface area contributed by atoms with E-state index < -0.39 is 0 Å². The largest absolute Gasteiger partial charge is 0.313 e. The smallest absolute Gasteiger partial charge is 0.0357 e. The SMILES string of the molecule is CNC(c1cccc(C)c1Br)C1CCCC1. The lowest BCUT2D eigenvalue weighted by Crippen LogP contribution is -2.24. The van der Waals surface area contributed by atoms with E-state index in [4.69, 9.17) is 0 Å². The van der Waals surface area contributed by atoms with Gasteiger partial charge >= 0.3 is 0 Å². The van der Waals surface area contributed by atoms with Crippen LogP contribution in [0.1, 0.15) is 42.9 Å². The molecule has 0 amide bonds. The minimum atomic E-state index is 0.511. The van der Waals surface area contributed by atoms with Gasteiger partial charge in [0.25, 0.3) is 0 Å². The molecule has 1 aromatic carbocycles. The van der Waals surface area contributed by atoms with Crippen molar-refractivity contribution in [2.75, 3.05) is 7.05 Å². The zero-order chi connectivity index (χ0) is 11.5. The molecular weight excluding hydrogens is 262 g/mol. The third-order valence-electron chi connectivity index (χ3n) is 3.74. The van der Waals surface area contributed by atoms with Crippen LogP contribution in [0, 0.1) is 12.8 Å². The van der Waals surface area contributed by atoms with Crippen molar-refractivity contribution in [3.05, 3.63) is 33.8 Å². The topological polar surface area (TPSA) is 12.0 Å². The molecule has 2 rings (SSSR count). The summed E-state index contributed by atoms with van der Waals surface area (Å²) in [5, 5.41) is 3.50. The lowest BCUT2D eigenvalue weighted by Gasteiger charge is -2.25. The lowest BCUT2D eigenvalue weighted by atomic mass is 9.91. The maximum atomic E-state index is 3.73. The van der Waals surface area contributed by atoms with Crippen LogP contribution in [-0.4, -0.2) is 7.05 Å². The molecule has 1 fully saturated rings. The maximum Gasteiger partial charge on any atom is 0.0357 e. The van der Waals surface area contributed by atoms with E-state index >= 15 is 0 Å². The molecule has 0 spiro atoms. The van der Waals surface area contributed by atoms with E-state index in [2.05, 4.69) is 53.4 Å². The average molecular weight is 282 g/mol. The van der Waals surface area contributed by atoms with Gasteiger partial charge in [0.2, 0.25) is 0 Å². The second-order valence-electron chi connectivity index (χ2n) is 4.79. The summed E-state index contributed by atoms with van der Waals surface area (Å²) in [5.41, 5.74) is 2.75. The Morgan fingerprint density at radius 1 is 1.31 bits per heavy atom. The van der Waals surface area contributed by atoms with Crippen LogP contribution in [0.25, 0.3) is 0 Å². The van der Waals surface area contributed by atoms with Crippen molar-refractivity contribution < 1.29 is 0 Å². The summed E-state index contributed by atoms with van der Waals surface area (Å²) in [5.74, 6) is 0.808. The molecule has 0 heterocycles. The first-order valence-electron chi connectivity index (χ1n) is 6.16. The molecule has 1 unspecified atom stereocenters. The number of aryl methyl sites for hydroxylation is 1. The predicted molar refractivity (Wildman–Crippen MR) is 72.6 cm³/mol. The molecule has 1 atom stereocenters. The fourth-order valence-electron chi connectivity index (χ4n) is 2.85. The van der Waals surface area contributed by atoms with Gasteiger partial charge in [0, 0.05) is 10.5 Å². The molecular formula is C14H20BrN. The standard InChI is InChI=1S/C14H20BrN/c1-10-6-5-9-12(13(10)15)14(16-2)11-7-3-4-8-11/h5-6,9,11,14,16H,3-4,7-8H2,1-2H3. The van der Waals surface area contributed by atoms with Crippen LogP contribution in [0.15, 0.2) is 22.7 Å². The minimum absolute atomic E-state index is 0.511. The maximum absolute atomic E-state index is 3.73. The number of benzene rings is 1. The highest BCUT2D eigenvalue weighted by Crippen LogP contribution is 2.38. The third-order valence-corrected chi connectivity index (χ3v) is 4.82. The summed E-state index contributed by atoms with van der Waals surface area (Å²) in [6.07, 6.45) is 5.52. The molecule has 0 saturated heterocycles. The first-order chi connectivity index (χ1) is 7.74. The number of hydrogen-bond acceptors (Lipinski definition) is 1. The molecule has 0 aliphatic heterocycles. The monoisotopic (exact) mass is 281 g/mol. The molecule has 2 heteroatoms. The van der Waals surface area contributed by atoms with Gasteiger partial charge < -0.3 is 5.32 Å². The van der Waals surface area contributed by atoms with Crippen molar-refractivity contribution in [3.63, 3.8) is 0 Å². The zero-order valence-corrected chi connectivity index (χ0v) is 11.7. The van der Waals surface area contributed by atoms with Crippen molar-refractivity contribution in [3.8, 4) is 0 Å². The molecule has 16 heavy (non-hydrogen) atoms. The fourth-order valence-corrected chi connectivity index (χ4v) is 3.36. The van der Waals surface area contributed by atoms with Crippen LogP contribution >= 0.6 is 15.9 Å². The number of rotatable bonds is 3.